The molecule has 0 atom stereocenters. The Hall–Kier alpha value is -2.67. The number of rotatable bonds is 4. The van der Waals surface area contributed by atoms with Crippen molar-refractivity contribution < 1.29 is 18.4 Å². The number of Topliss-reactive ketones (excluding diaryl/α,β-unsaturated/α-hetero) is 1. The smallest absolute Gasteiger partial charge is 0.259 e. The number of pyridine rings is 1. The maximum atomic E-state index is 13.7. The van der Waals surface area contributed by atoms with E-state index >= 15 is 0 Å². The molecule has 0 aliphatic carbocycles. The second kappa shape index (κ2) is 7.70. The third kappa shape index (κ3) is 4.11. The first-order chi connectivity index (χ1) is 12.4. The average molecular weight is 359 g/mol. The number of carbonyl (C=O) groups is 2. The van der Waals surface area contributed by atoms with Gasteiger partial charge in [0.1, 0.15) is 23.1 Å². The van der Waals surface area contributed by atoms with Crippen molar-refractivity contribution in [2.45, 2.75) is 12.8 Å². The highest BCUT2D eigenvalue weighted by atomic mass is 19.1. The van der Waals surface area contributed by atoms with E-state index in [1.165, 1.54) is 6.07 Å². The summed E-state index contributed by atoms with van der Waals surface area (Å²) >= 11 is 0. The van der Waals surface area contributed by atoms with Crippen molar-refractivity contribution in [2.24, 2.45) is 5.92 Å². The van der Waals surface area contributed by atoms with E-state index in [-0.39, 0.29) is 23.2 Å². The summed E-state index contributed by atoms with van der Waals surface area (Å²) in [7, 11) is 2.01. The van der Waals surface area contributed by atoms with Crippen LogP contribution in [-0.4, -0.2) is 41.7 Å². The first kappa shape index (κ1) is 18.1. The molecule has 26 heavy (non-hydrogen) atoms. The molecule has 3 rings (SSSR count). The Morgan fingerprint density at radius 1 is 1.15 bits per heavy atom. The Morgan fingerprint density at radius 2 is 1.88 bits per heavy atom. The number of benzene rings is 1. The Labute approximate surface area is 150 Å². The molecule has 2 heterocycles. The number of carbonyl (C=O) groups excluding carboxylic acids is 2. The fourth-order valence-electron chi connectivity index (χ4n) is 2.98. The van der Waals surface area contributed by atoms with E-state index < -0.39 is 23.1 Å². The molecule has 1 N–H and O–H groups in total. The average Bonchev–Trinajstić information content (AvgIpc) is 2.64. The van der Waals surface area contributed by atoms with Crippen molar-refractivity contribution in [1.82, 2.24) is 9.88 Å². The summed E-state index contributed by atoms with van der Waals surface area (Å²) < 4.78 is 26.9. The highest BCUT2D eigenvalue weighted by Crippen LogP contribution is 2.21. The predicted octanol–water partition coefficient (Wildman–Crippen LogP) is 3.14. The molecule has 1 saturated heterocycles. The molecule has 0 radical (unpaired) electrons. The fourth-order valence-corrected chi connectivity index (χ4v) is 2.98. The Morgan fingerprint density at radius 3 is 2.62 bits per heavy atom. The van der Waals surface area contributed by atoms with Crippen LogP contribution in [0, 0.1) is 17.6 Å². The lowest BCUT2D eigenvalue weighted by Gasteiger charge is -2.27. The molecule has 1 amide bonds. The summed E-state index contributed by atoms with van der Waals surface area (Å²) in [6.07, 6.45) is 1.53. The minimum Gasteiger partial charge on any atom is -0.306 e. The number of aromatic nitrogens is 1. The molecular formula is C19H19F2N3O2. The summed E-state index contributed by atoms with van der Waals surface area (Å²) in [5, 5.41) is 2.41. The zero-order chi connectivity index (χ0) is 18.7. The number of anilines is 1. The van der Waals surface area contributed by atoms with Gasteiger partial charge in [-0.1, -0.05) is 6.07 Å². The van der Waals surface area contributed by atoms with Gasteiger partial charge >= 0.3 is 0 Å². The lowest BCUT2D eigenvalue weighted by Crippen LogP contribution is -2.33. The summed E-state index contributed by atoms with van der Waals surface area (Å²) in [5.74, 6) is -2.40. The highest BCUT2D eigenvalue weighted by Gasteiger charge is 2.25. The van der Waals surface area contributed by atoms with Gasteiger partial charge in [-0.2, -0.15) is 0 Å². The zero-order valence-corrected chi connectivity index (χ0v) is 14.3. The van der Waals surface area contributed by atoms with Crippen molar-refractivity contribution in [3.63, 3.8) is 0 Å². The standard InChI is InChI=1S/C19H19F2N3O2/c1-24-9-7-12(8-10-24)18(25)16-3-2-4-17(22-16)23-19(26)14-11-13(20)5-6-15(14)21/h2-6,11-12H,7-10H2,1H3,(H,22,23,26). The van der Waals surface area contributed by atoms with Crippen molar-refractivity contribution in [3.05, 3.63) is 59.3 Å². The van der Waals surface area contributed by atoms with E-state index in [2.05, 4.69) is 15.2 Å². The highest BCUT2D eigenvalue weighted by molar-refractivity contribution is 6.04. The Balaban J connectivity index is 1.74. The van der Waals surface area contributed by atoms with Crippen LogP contribution in [0.1, 0.15) is 33.7 Å². The SMILES string of the molecule is CN1CCC(C(=O)c2cccc(NC(=O)c3cc(F)ccc3F)n2)CC1. The molecule has 1 aromatic heterocycles. The topological polar surface area (TPSA) is 62.3 Å². The molecule has 2 aromatic rings. The van der Waals surface area contributed by atoms with Crippen molar-refractivity contribution >= 4 is 17.5 Å². The molecule has 1 fully saturated rings. The third-order valence-corrected chi connectivity index (χ3v) is 4.51. The molecule has 5 nitrogen and oxygen atoms in total. The van der Waals surface area contributed by atoms with E-state index in [4.69, 9.17) is 0 Å². The third-order valence-electron chi connectivity index (χ3n) is 4.51. The molecule has 136 valence electrons. The van der Waals surface area contributed by atoms with Crippen LogP contribution in [0.3, 0.4) is 0 Å². The minimum atomic E-state index is -0.831. The number of halogens is 2. The number of hydrogen-bond donors (Lipinski definition) is 1. The van der Waals surface area contributed by atoms with Crippen LogP contribution in [0.2, 0.25) is 0 Å². The van der Waals surface area contributed by atoms with Gasteiger partial charge in [0.25, 0.3) is 5.91 Å². The Kier molecular flexibility index (Phi) is 5.37. The number of nitrogens with one attached hydrogen (secondary N) is 1. The van der Waals surface area contributed by atoms with Gasteiger partial charge in [0.15, 0.2) is 5.78 Å². The van der Waals surface area contributed by atoms with Crippen LogP contribution in [0.15, 0.2) is 36.4 Å². The number of nitrogens with zero attached hydrogens (tertiary/aromatic N) is 2. The first-order valence-corrected chi connectivity index (χ1v) is 8.40. The molecule has 1 aliphatic heterocycles. The summed E-state index contributed by atoms with van der Waals surface area (Å²) in [6.45, 7) is 1.71. The van der Waals surface area contributed by atoms with E-state index in [1.54, 1.807) is 12.1 Å². The molecule has 1 aromatic carbocycles. The predicted molar refractivity (Wildman–Crippen MR) is 93.1 cm³/mol. The van der Waals surface area contributed by atoms with Crippen molar-refractivity contribution in [2.75, 3.05) is 25.5 Å². The lowest BCUT2D eigenvalue weighted by atomic mass is 9.91. The van der Waals surface area contributed by atoms with Gasteiger partial charge in [-0.05, 0) is 63.3 Å². The molecule has 0 bridgehead atoms. The van der Waals surface area contributed by atoms with Gasteiger partial charge in [0.05, 0.1) is 5.56 Å². The number of ketones is 1. The van der Waals surface area contributed by atoms with Crippen LogP contribution >= 0.6 is 0 Å². The maximum Gasteiger partial charge on any atom is 0.259 e. The van der Waals surface area contributed by atoms with E-state index in [9.17, 15) is 18.4 Å². The largest absolute Gasteiger partial charge is 0.306 e. The Bertz CT molecular complexity index is 833. The fraction of sp³-hybridized carbons (Fsp3) is 0.316. The number of piperidine rings is 1. The van der Waals surface area contributed by atoms with Crippen LogP contribution in [0.4, 0.5) is 14.6 Å². The van der Waals surface area contributed by atoms with E-state index in [1.807, 2.05) is 7.05 Å². The van der Waals surface area contributed by atoms with Crippen LogP contribution in [-0.2, 0) is 0 Å². The zero-order valence-electron chi connectivity index (χ0n) is 14.3. The second-order valence-electron chi connectivity index (χ2n) is 6.43. The minimum absolute atomic E-state index is 0.0638. The maximum absolute atomic E-state index is 13.7. The van der Waals surface area contributed by atoms with E-state index in [0.29, 0.717) is 0 Å². The van der Waals surface area contributed by atoms with Gasteiger partial charge in [-0.25, -0.2) is 13.8 Å². The van der Waals surface area contributed by atoms with Gasteiger partial charge in [-0.15, -0.1) is 0 Å². The van der Waals surface area contributed by atoms with Crippen molar-refractivity contribution in [1.29, 1.82) is 0 Å². The van der Waals surface area contributed by atoms with E-state index in [0.717, 1.165) is 44.1 Å². The first-order valence-electron chi connectivity index (χ1n) is 8.40. The van der Waals surface area contributed by atoms with Crippen LogP contribution < -0.4 is 5.32 Å². The molecule has 1 aliphatic rings. The van der Waals surface area contributed by atoms with Crippen LogP contribution in [0.5, 0.6) is 0 Å². The number of likely N-dealkylation sites (tertiary alicyclic amines) is 1. The normalized spacial score (nSPS) is 15.7. The van der Waals surface area contributed by atoms with Gasteiger partial charge in [-0.3, -0.25) is 9.59 Å². The molecule has 0 unspecified atom stereocenters. The molecule has 0 saturated carbocycles. The van der Waals surface area contributed by atoms with Gasteiger partial charge < -0.3 is 10.2 Å². The van der Waals surface area contributed by atoms with Crippen molar-refractivity contribution in [3.8, 4) is 0 Å². The monoisotopic (exact) mass is 359 g/mol. The quantitative estimate of drug-likeness (QED) is 0.852. The summed E-state index contributed by atoms with van der Waals surface area (Å²) in [4.78, 5) is 31.1. The molecule has 0 spiro atoms. The lowest BCUT2D eigenvalue weighted by molar-refractivity contribution is 0.0851. The summed E-state index contributed by atoms with van der Waals surface area (Å²) in [6, 6.07) is 7.34. The van der Waals surface area contributed by atoms with Crippen LogP contribution in [0.25, 0.3) is 0 Å². The number of amides is 1. The molecule has 7 heteroatoms. The second-order valence-corrected chi connectivity index (χ2v) is 6.43. The van der Waals surface area contributed by atoms with Gasteiger partial charge in [0.2, 0.25) is 0 Å². The number of hydrogen-bond acceptors (Lipinski definition) is 4. The summed E-state index contributed by atoms with van der Waals surface area (Å²) in [5.41, 5.74) is -0.157. The van der Waals surface area contributed by atoms with Gasteiger partial charge in [0, 0.05) is 5.92 Å². The molecular weight excluding hydrogens is 340 g/mol.